The molecule has 0 saturated carbocycles. The van der Waals surface area contributed by atoms with Gasteiger partial charge in [-0.3, -0.25) is 33.6 Å². The van der Waals surface area contributed by atoms with Gasteiger partial charge in [0.05, 0.1) is 22.6 Å². The fraction of sp³-hybridized carbons (Fsp3) is 0.385. The van der Waals surface area contributed by atoms with E-state index in [1.54, 1.807) is 30.3 Å². The summed E-state index contributed by atoms with van der Waals surface area (Å²) in [5, 5.41) is 2.19. The molecule has 0 bridgehead atoms. The molecule has 3 aliphatic heterocycles. The van der Waals surface area contributed by atoms with Crippen LogP contribution in [0, 0.1) is 12.8 Å². The molecule has 2 saturated heterocycles. The number of nitrogens with zero attached hydrogens (tertiary/aromatic N) is 2. The second-order valence-electron chi connectivity index (χ2n) is 9.66. The Morgan fingerprint density at radius 2 is 1.59 bits per heavy atom. The Morgan fingerprint density at radius 3 is 2.27 bits per heavy atom. The van der Waals surface area contributed by atoms with Gasteiger partial charge >= 0.3 is 0 Å². The van der Waals surface area contributed by atoms with Crippen LogP contribution in [0.3, 0.4) is 0 Å². The third-order valence-electron chi connectivity index (χ3n) is 7.17. The number of carbonyl (C=O) groups is 4. The minimum absolute atomic E-state index is 0.0668. The van der Waals surface area contributed by atoms with Crippen molar-refractivity contribution in [2.24, 2.45) is 5.92 Å². The summed E-state index contributed by atoms with van der Waals surface area (Å²) in [4.78, 5) is 52.9. The number of piperidine rings is 2. The van der Waals surface area contributed by atoms with Crippen LogP contribution in [0.2, 0.25) is 0 Å². The largest absolute Gasteiger partial charge is 0.371 e. The van der Waals surface area contributed by atoms with Crippen LogP contribution >= 0.6 is 0 Å². The molecule has 4 amide bonds. The minimum atomic E-state index is -3.82. The Hall–Kier alpha value is -3.57. The van der Waals surface area contributed by atoms with Crippen LogP contribution in [0.25, 0.3) is 0 Å². The van der Waals surface area contributed by atoms with Crippen molar-refractivity contribution < 1.29 is 31.8 Å². The molecule has 3 aliphatic rings. The van der Waals surface area contributed by atoms with E-state index >= 15 is 0 Å². The van der Waals surface area contributed by atoms with Crippen LogP contribution in [0.5, 0.6) is 0 Å². The van der Waals surface area contributed by atoms with E-state index in [4.69, 9.17) is 4.18 Å². The van der Waals surface area contributed by atoms with Gasteiger partial charge in [0.25, 0.3) is 21.9 Å². The molecule has 3 heterocycles. The molecule has 1 atom stereocenters. The third-order valence-corrected chi connectivity index (χ3v) is 8.47. The standard InChI is InChI=1S/C26H27N3O7S/c1-16-2-5-19(6-3-16)37(34,35)36-15-17-10-12-28(13-11-17)18-4-7-20-21(14-18)26(33)29(25(20)32)22-8-9-23(30)27-24(22)31/h2-7,14,17,22H,8-13,15H2,1H3,(H,27,30,31). The molecule has 0 spiro atoms. The predicted octanol–water partition coefficient (Wildman–Crippen LogP) is 2.02. The van der Waals surface area contributed by atoms with Gasteiger partial charge in [0.1, 0.15) is 6.04 Å². The molecule has 194 valence electrons. The summed E-state index contributed by atoms with van der Waals surface area (Å²) < 4.78 is 30.3. The van der Waals surface area contributed by atoms with Crippen LogP contribution in [-0.2, 0) is 23.9 Å². The van der Waals surface area contributed by atoms with Gasteiger partial charge in [-0.15, -0.1) is 0 Å². The molecule has 2 aromatic rings. The Morgan fingerprint density at radius 1 is 0.919 bits per heavy atom. The number of rotatable bonds is 6. The summed E-state index contributed by atoms with van der Waals surface area (Å²) in [6.45, 7) is 3.25. The highest BCUT2D eigenvalue weighted by molar-refractivity contribution is 7.86. The smallest absolute Gasteiger partial charge is 0.296 e. The summed E-state index contributed by atoms with van der Waals surface area (Å²) in [7, 11) is -3.82. The number of amides is 4. The molecule has 0 radical (unpaired) electrons. The Kier molecular flexibility index (Phi) is 6.59. The molecule has 2 aromatic carbocycles. The number of aryl methyl sites for hydroxylation is 1. The topological polar surface area (TPSA) is 130 Å². The first-order valence-electron chi connectivity index (χ1n) is 12.2. The zero-order valence-corrected chi connectivity index (χ0v) is 21.1. The van der Waals surface area contributed by atoms with Crippen LogP contribution < -0.4 is 10.2 Å². The number of hydrogen-bond acceptors (Lipinski definition) is 8. The highest BCUT2D eigenvalue weighted by atomic mass is 32.2. The summed E-state index contributed by atoms with van der Waals surface area (Å²) in [5.74, 6) is -2.06. The van der Waals surface area contributed by atoms with Crippen molar-refractivity contribution in [1.29, 1.82) is 0 Å². The molecule has 11 heteroatoms. The molecule has 2 fully saturated rings. The molecule has 5 rings (SSSR count). The van der Waals surface area contributed by atoms with E-state index in [0.717, 1.165) is 16.2 Å². The lowest BCUT2D eigenvalue weighted by atomic mass is 9.97. The maximum absolute atomic E-state index is 13.1. The molecule has 37 heavy (non-hydrogen) atoms. The van der Waals surface area contributed by atoms with Gasteiger partial charge in [0, 0.05) is 25.2 Å². The van der Waals surface area contributed by atoms with Crippen molar-refractivity contribution in [3.05, 3.63) is 59.2 Å². The summed E-state index contributed by atoms with van der Waals surface area (Å²) in [6.07, 6.45) is 1.59. The number of nitrogens with one attached hydrogen (secondary N) is 1. The van der Waals surface area contributed by atoms with E-state index in [1.807, 2.05) is 6.92 Å². The summed E-state index contributed by atoms with van der Waals surface area (Å²) in [6, 6.07) is 10.6. The van der Waals surface area contributed by atoms with Crippen LogP contribution in [0.1, 0.15) is 52.0 Å². The lowest BCUT2D eigenvalue weighted by Crippen LogP contribution is -2.54. The van der Waals surface area contributed by atoms with Gasteiger partial charge in [0.2, 0.25) is 11.8 Å². The highest BCUT2D eigenvalue weighted by Gasteiger charge is 2.44. The first-order valence-corrected chi connectivity index (χ1v) is 13.6. The number of carbonyl (C=O) groups excluding carboxylic acids is 4. The molecule has 0 aromatic heterocycles. The summed E-state index contributed by atoms with van der Waals surface area (Å²) in [5.41, 5.74) is 2.22. The second-order valence-corrected chi connectivity index (χ2v) is 11.3. The fourth-order valence-corrected chi connectivity index (χ4v) is 5.95. The van der Waals surface area contributed by atoms with E-state index in [0.29, 0.717) is 25.9 Å². The maximum Gasteiger partial charge on any atom is 0.296 e. The van der Waals surface area contributed by atoms with E-state index < -0.39 is 39.8 Å². The zero-order chi connectivity index (χ0) is 26.3. The van der Waals surface area contributed by atoms with Crippen LogP contribution in [0.15, 0.2) is 47.4 Å². The number of imide groups is 2. The second kappa shape index (κ2) is 9.71. The minimum Gasteiger partial charge on any atom is -0.371 e. The van der Waals surface area contributed by atoms with E-state index in [2.05, 4.69) is 10.2 Å². The van der Waals surface area contributed by atoms with Gasteiger partial charge < -0.3 is 4.90 Å². The van der Waals surface area contributed by atoms with Crippen molar-refractivity contribution >= 4 is 39.4 Å². The first kappa shape index (κ1) is 25.1. The fourth-order valence-electron chi connectivity index (χ4n) is 4.97. The van der Waals surface area contributed by atoms with Gasteiger partial charge in [0.15, 0.2) is 0 Å². The van der Waals surface area contributed by atoms with Gasteiger partial charge in [-0.25, -0.2) is 0 Å². The van der Waals surface area contributed by atoms with Gasteiger partial charge in [-0.05, 0) is 62.4 Å². The Balaban J connectivity index is 1.21. The van der Waals surface area contributed by atoms with Crippen molar-refractivity contribution in [3.63, 3.8) is 0 Å². The first-order chi connectivity index (χ1) is 17.6. The Labute approximate surface area is 214 Å². The molecule has 1 N–H and O–H groups in total. The summed E-state index contributed by atoms with van der Waals surface area (Å²) >= 11 is 0. The molecule has 10 nitrogen and oxygen atoms in total. The number of hydrogen-bond donors (Lipinski definition) is 1. The van der Waals surface area contributed by atoms with Crippen LogP contribution in [0.4, 0.5) is 5.69 Å². The highest BCUT2D eigenvalue weighted by Crippen LogP contribution is 2.32. The van der Waals surface area contributed by atoms with Gasteiger partial charge in [-0.2, -0.15) is 8.42 Å². The van der Waals surface area contributed by atoms with Crippen molar-refractivity contribution in [1.82, 2.24) is 10.2 Å². The van der Waals surface area contributed by atoms with E-state index in [1.165, 1.54) is 12.1 Å². The zero-order valence-electron chi connectivity index (χ0n) is 20.3. The van der Waals surface area contributed by atoms with Crippen LogP contribution in [-0.4, -0.2) is 62.7 Å². The number of anilines is 1. The molecular weight excluding hydrogens is 498 g/mol. The monoisotopic (exact) mass is 525 g/mol. The molecular formula is C26H27N3O7S. The van der Waals surface area contributed by atoms with Crippen molar-refractivity contribution in [2.45, 2.75) is 43.5 Å². The van der Waals surface area contributed by atoms with E-state index in [-0.39, 0.29) is 41.4 Å². The third kappa shape index (κ3) is 4.88. The van der Waals surface area contributed by atoms with E-state index in [9.17, 15) is 27.6 Å². The van der Waals surface area contributed by atoms with Crippen molar-refractivity contribution in [3.8, 4) is 0 Å². The average Bonchev–Trinajstić information content (AvgIpc) is 3.13. The average molecular weight is 526 g/mol. The van der Waals surface area contributed by atoms with Gasteiger partial charge in [-0.1, -0.05) is 17.7 Å². The normalized spacial score (nSPS) is 20.8. The quantitative estimate of drug-likeness (QED) is 0.448. The number of fused-ring (bicyclic) bond motifs is 1. The Bertz CT molecular complexity index is 1380. The predicted molar refractivity (Wildman–Crippen MR) is 132 cm³/mol. The molecule has 0 aliphatic carbocycles. The SMILES string of the molecule is Cc1ccc(S(=O)(=O)OCC2CCN(c3ccc4c(c3)C(=O)N(C3CCC(=O)NC3=O)C4=O)CC2)cc1. The van der Waals surface area contributed by atoms with Crippen molar-refractivity contribution in [2.75, 3.05) is 24.6 Å². The lowest BCUT2D eigenvalue weighted by molar-refractivity contribution is -0.136. The lowest BCUT2D eigenvalue weighted by Gasteiger charge is -2.33. The molecule has 1 unspecified atom stereocenters. The number of benzene rings is 2. The maximum atomic E-state index is 13.1.